The molecule has 0 heterocycles. The first-order valence-electron chi connectivity index (χ1n) is 9.48. The van der Waals surface area contributed by atoms with Crippen molar-refractivity contribution in [2.45, 2.75) is 101 Å². The molecule has 24 heavy (non-hydrogen) atoms. The van der Waals surface area contributed by atoms with E-state index in [1.165, 1.54) is 12.8 Å². The summed E-state index contributed by atoms with van der Waals surface area (Å²) in [6.45, 7) is 26.2. The Morgan fingerprint density at radius 3 is 1.67 bits per heavy atom. The Morgan fingerprint density at radius 2 is 1.38 bits per heavy atom. The predicted molar refractivity (Wildman–Crippen MR) is 107 cm³/mol. The molecule has 0 aliphatic rings. The minimum absolute atomic E-state index is 0.278. The van der Waals surface area contributed by atoms with Crippen molar-refractivity contribution in [1.29, 1.82) is 0 Å². The standard InChI is InChI=1S/C12H22O2.C10H22/c1-6-12(4,5)8-7-9-14-11(13)10(2)3;1-7-10(5,6)8-9(2,3)4/h2,6-9H2,1,3-5H3;7-8H2,1-6H3. The zero-order valence-corrected chi connectivity index (χ0v) is 18.3. The van der Waals surface area contributed by atoms with Crippen molar-refractivity contribution in [2.75, 3.05) is 6.61 Å². The Bertz CT molecular complexity index is 370. The Hall–Kier alpha value is -0.790. The van der Waals surface area contributed by atoms with E-state index >= 15 is 0 Å². The molecule has 0 aromatic heterocycles. The molecule has 0 rings (SSSR count). The monoisotopic (exact) mass is 340 g/mol. The Kier molecular flexibility index (Phi) is 11.6. The molecule has 0 bridgehead atoms. The quantitative estimate of drug-likeness (QED) is 0.266. The van der Waals surface area contributed by atoms with Crippen LogP contribution in [0.1, 0.15) is 101 Å². The average Bonchev–Trinajstić information content (AvgIpc) is 2.41. The highest BCUT2D eigenvalue weighted by Crippen LogP contribution is 2.35. The van der Waals surface area contributed by atoms with Crippen molar-refractivity contribution in [2.24, 2.45) is 16.2 Å². The van der Waals surface area contributed by atoms with Crippen LogP contribution in [0, 0.1) is 16.2 Å². The van der Waals surface area contributed by atoms with Crippen LogP contribution in [0.4, 0.5) is 0 Å². The molecule has 0 aliphatic heterocycles. The van der Waals surface area contributed by atoms with Crippen LogP contribution in [0.25, 0.3) is 0 Å². The van der Waals surface area contributed by atoms with Crippen molar-refractivity contribution >= 4 is 5.97 Å². The second-order valence-corrected chi connectivity index (χ2v) is 9.79. The van der Waals surface area contributed by atoms with E-state index < -0.39 is 0 Å². The molecule has 0 amide bonds. The molecule has 0 unspecified atom stereocenters. The number of hydrogen-bond acceptors (Lipinski definition) is 2. The van der Waals surface area contributed by atoms with Crippen LogP contribution >= 0.6 is 0 Å². The molecule has 0 spiro atoms. The molecule has 144 valence electrons. The number of carbonyl (C=O) groups is 1. The second-order valence-electron chi connectivity index (χ2n) is 9.79. The fourth-order valence-electron chi connectivity index (χ4n) is 2.58. The highest BCUT2D eigenvalue weighted by atomic mass is 16.5. The maximum atomic E-state index is 11.0. The zero-order valence-electron chi connectivity index (χ0n) is 18.3. The van der Waals surface area contributed by atoms with Crippen molar-refractivity contribution in [1.82, 2.24) is 0 Å². The normalized spacial score (nSPS) is 12.2. The van der Waals surface area contributed by atoms with Crippen molar-refractivity contribution in [3.8, 4) is 0 Å². The number of rotatable bonds is 8. The van der Waals surface area contributed by atoms with Crippen molar-refractivity contribution in [3.05, 3.63) is 12.2 Å². The van der Waals surface area contributed by atoms with Gasteiger partial charge in [-0.25, -0.2) is 4.79 Å². The maximum Gasteiger partial charge on any atom is 0.333 e. The van der Waals surface area contributed by atoms with E-state index in [0.29, 0.717) is 28.4 Å². The third kappa shape index (κ3) is 16.1. The first-order valence-corrected chi connectivity index (χ1v) is 9.48. The number of esters is 1. The summed E-state index contributed by atoms with van der Waals surface area (Å²) in [5.74, 6) is -0.278. The lowest BCUT2D eigenvalue weighted by Crippen LogP contribution is -2.19. The van der Waals surface area contributed by atoms with E-state index in [0.717, 1.165) is 19.3 Å². The fourth-order valence-corrected chi connectivity index (χ4v) is 2.58. The summed E-state index contributed by atoms with van der Waals surface area (Å²) >= 11 is 0. The summed E-state index contributed by atoms with van der Waals surface area (Å²) in [6, 6.07) is 0. The van der Waals surface area contributed by atoms with Crippen molar-refractivity contribution in [3.63, 3.8) is 0 Å². The smallest absolute Gasteiger partial charge is 0.333 e. The van der Waals surface area contributed by atoms with Crippen molar-refractivity contribution < 1.29 is 9.53 Å². The molecule has 0 fully saturated rings. The Balaban J connectivity index is 0. The number of ether oxygens (including phenoxy) is 1. The summed E-state index contributed by atoms with van der Waals surface area (Å²) < 4.78 is 5.00. The van der Waals surface area contributed by atoms with Gasteiger partial charge in [0.1, 0.15) is 0 Å². The molecule has 0 aliphatic carbocycles. The van der Waals surface area contributed by atoms with Gasteiger partial charge in [-0.15, -0.1) is 0 Å². The van der Waals surface area contributed by atoms with Gasteiger partial charge in [0.15, 0.2) is 0 Å². The first-order chi connectivity index (χ1) is 10.7. The highest BCUT2D eigenvalue weighted by molar-refractivity contribution is 5.86. The molecule has 0 saturated heterocycles. The summed E-state index contributed by atoms with van der Waals surface area (Å²) in [5.41, 5.74) is 1.84. The van der Waals surface area contributed by atoms with E-state index in [9.17, 15) is 4.79 Å². The Morgan fingerprint density at radius 1 is 0.917 bits per heavy atom. The van der Waals surface area contributed by atoms with E-state index in [-0.39, 0.29) is 5.97 Å². The highest BCUT2D eigenvalue weighted by Gasteiger charge is 2.23. The second kappa shape index (κ2) is 10.9. The Labute approximate surface area is 152 Å². The van der Waals surface area contributed by atoms with Gasteiger partial charge in [0.2, 0.25) is 0 Å². The largest absolute Gasteiger partial charge is 0.462 e. The van der Waals surface area contributed by atoms with Gasteiger partial charge in [-0.2, -0.15) is 0 Å². The van der Waals surface area contributed by atoms with Gasteiger partial charge >= 0.3 is 5.97 Å². The van der Waals surface area contributed by atoms with Gasteiger partial charge in [0, 0.05) is 5.57 Å². The van der Waals surface area contributed by atoms with Gasteiger partial charge in [-0.3, -0.25) is 0 Å². The molecule has 2 nitrogen and oxygen atoms in total. The molecule has 0 aromatic rings. The summed E-state index contributed by atoms with van der Waals surface area (Å²) in [4.78, 5) is 11.0. The zero-order chi connectivity index (χ0) is 19.6. The molecule has 2 heteroatoms. The molecule has 0 saturated carbocycles. The van der Waals surface area contributed by atoms with Gasteiger partial charge in [0.25, 0.3) is 0 Å². The van der Waals surface area contributed by atoms with Gasteiger partial charge < -0.3 is 4.74 Å². The summed E-state index contributed by atoms with van der Waals surface area (Å²) in [7, 11) is 0. The van der Waals surface area contributed by atoms with Crippen LogP contribution in [-0.4, -0.2) is 12.6 Å². The SMILES string of the molecule is C=C(C)C(=O)OCCCC(C)(C)CC.CCC(C)(C)CC(C)(C)C. The topological polar surface area (TPSA) is 26.3 Å². The van der Waals surface area contributed by atoms with Crippen LogP contribution in [0.15, 0.2) is 12.2 Å². The average molecular weight is 341 g/mol. The van der Waals surface area contributed by atoms with E-state index in [2.05, 4.69) is 68.9 Å². The van der Waals surface area contributed by atoms with E-state index in [4.69, 9.17) is 4.74 Å². The van der Waals surface area contributed by atoms with E-state index in [1.54, 1.807) is 6.92 Å². The molecule has 0 aromatic carbocycles. The molecular weight excluding hydrogens is 296 g/mol. The molecule has 0 atom stereocenters. The van der Waals surface area contributed by atoms with Crippen LogP contribution < -0.4 is 0 Å². The summed E-state index contributed by atoms with van der Waals surface area (Å²) in [6.07, 6.45) is 5.77. The van der Waals surface area contributed by atoms with Crippen LogP contribution in [0.2, 0.25) is 0 Å². The number of carbonyl (C=O) groups excluding carboxylic acids is 1. The van der Waals surface area contributed by atoms with Gasteiger partial charge in [0.05, 0.1) is 6.61 Å². The lowest BCUT2D eigenvalue weighted by Gasteiger charge is -2.31. The molecule has 0 N–H and O–H groups in total. The predicted octanol–water partition coefficient (Wildman–Crippen LogP) is 7.18. The van der Waals surface area contributed by atoms with Crippen LogP contribution in [0.3, 0.4) is 0 Å². The van der Waals surface area contributed by atoms with Crippen LogP contribution in [0.5, 0.6) is 0 Å². The lowest BCUT2D eigenvalue weighted by atomic mass is 9.75. The summed E-state index contributed by atoms with van der Waals surface area (Å²) in [5, 5.41) is 0. The third-order valence-corrected chi connectivity index (χ3v) is 4.50. The minimum atomic E-state index is -0.278. The first kappa shape index (κ1) is 25.5. The maximum absolute atomic E-state index is 11.0. The minimum Gasteiger partial charge on any atom is -0.462 e. The third-order valence-electron chi connectivity index (χ3n) is 4.50. The molecule has 0 radical (unpaired) electrons. The fraction of sp³-hybridized carbons (Fsp3) is 0.864. The van der Waals surface area contributed by atoms with Gasteiger partial charge in [-0.1, -0.05) is 81.7 Å². The van der Waals surface area contributed by atoms with Gasteiger partial charge in [-0.05, 0) is 42.4 Å². The lowest BCUT2D eigenvalue weighted by molar-refractivity contribution is -0.139. The van der Waals surface area contributed by atoms with E-state index in [1.807, 2.05) is 0 Å². The number of hydrogen-bond donors (Lipinski definition) is 0. The molecular formula is C22H44O2. The van der Waals surface area contributed by atoms with Crippen LogP contribution in [-0.2, 0) is 9.53 Å².